The van der Waals surface area contributed by atoms with Crippen molar-refractivity contribution in [1.29, 1.82) is 0 Å². The van der Waals surface area contributed by atoms with Gasteiger partial charge in [-0.1, -0.05) is 18.6 Å². The van der Waals surface area contributed by atoms with Gasteiger partial charge in [0.05, 0.1) is 6.33 Å². The summed E-state index contributed by atoms with van der Waals surface area (Å²) in [6.45, 7) is 1.14. The molecule has 2 aromatic rings. The second-order valence-electron chi connectivity index (χ2n) is 5.88. The van der Waals surface area contributed by atoms with Gasteiger partial charge < -0.3 is 20.8 Å². The van der Waals surface area contributed by atoms with Gasteiger partial charge in [0.1, 0.15) is 5.75 Å². The lowest BCUT2D eigenvalue weighted by Gasteiger charge is -2.23. The Bertz CT molecular complexity index is 690. The molecule has 0 radical (unpaired) electrons. The number of hydrogen-bond donors (Lipinski definition) is 3. The minimum atomic E-state index is -0.397. The Morgan fingerprint density at radius 1 is 1.26 bits per heavy atom. The van der Waals surface area contributed by atoms with E-state index in [-0.39, 0.29) is 11.6 Å². The number of ether oxygens (including phenoxy) is 1. The fraction of sp³-hybridized carbons (Fsp3) is 0.412. The molecule has 3 rings (SSSR count). The Labute approximate surface area is 135 Å². The van der Waals surface area contributed by atoms with E-state index in [1.165, 1.54) is 31.2 Å². The number of nitrogen functional groups attached to an aromatic ring is 1. The lowest BCUT2D eigenvalue weighted by molar-refractivity contribution is 0.383. The average molecular weight is 314 g/mol. The number of hydrogen-bond acceptors (Lipinski definition) is 5. The van der Waals surface area contributed by atoms with Gasteiger partial charge in [-0.05, 0) is 49.9 Å². The highest BCUT2D eigenvalue weighted by atomic mass is 16.5. The molecular formula is C17H22N4O2. The van der Waals surface area contributed by atoms with Crippen molar-refractivity contribution in [2.75, 3.05) is 12.3 Å². The molecule has 23 heavy (non-hydrogen) atoms. The summed E-state index contributed by atoms with van der Waals surface area (Å²) in [4.78, 5) is 17.8. The summed E-state index contributed by atoms with van der Waals surface area (Å²) in [6.07, 6.45) is 7.37. The highest BCUT2D eigenvalue weighted by molar-refractivity contribution is 5.47. The molecule has 6 heteroatoms. The van der Waals surface area contributed by atoms with Crippen molar-refractivity contribution in [3.05, 3.63) is 46.5 Å². The van der Waals surface area contributed by atoms with E-state index in [2.05, 4.69) is 15.3 Å². The predicted molar refractivity (Wildman–Crippen MR) is 89.7 cm³/mol. The lowest BCUT2D eigenvalue weighted by atomic mass is 9.98. The molecule has 0 amide bonds. The van der Waals surface area contributed by atoms with Crippen LogP contribution in [-0.4, -0.2) is 22.6 Å². The molecule has 2 heterocycles. The number of anilines is 1. The van der Waals surface area contributed by atoms with Gasteiger partial charge in [-0.2, -0.15) is 0 Å². The number of aromatic amines is 1. The third-order valence-corrected chi connectivity index (χ3v) is 4.18. The molecule has 1 atom stereocenters. The maximum Gasteiger partial charge on any atom is 0.277 e. The van der Waals surface area contributed by atoms with E-state index < -0.39 is 5.56 Å². The monoisotopic (exact) mass is 314 g/mol. The molecule has 122 valence electrons. The first-order valence-corrected chi connectivity index (χ1v) is 8.06. The zero-order valence-corrected chi connectivity index (χ0v) is 13.0. The summed E-state index contributed by atoms with van der Waals surface area (Å²) in [5, 5.41) is 3.57. The number of piperidine rings is 1. The van der Waals surface area contributed by atoms with Crippen LogP contribution in [0.2, 0.25) is 0 Å². The van der Waals surface area contributed by atoms with Crippen LogP contribution in [0.25, 0.3) is 0 Å². The van der Waals surface area contributed by atoms with Gasteiger partial charge in [0.25, 0.3) is 5.56 Å². The van der Waals surface area contributed by atoms with Crippen molar-refractivity contribution in [3.8, 4) is 11.6 Å². The van der Waals surface area contributed by atoms with Crippen LogP contribution in [0.15, 0.2) is 35.4 Å². The molecule has 1 aromatic carbocycles. The summed E-state index contributed by atoms with van der Waals surface area (Å²) in [5.41, 5.74) is 6.52. The Kier molecular flexibility index (Phi) is 4.92. The van der Waals surface area contributed by atoms with Crippen molar-refractivity contribution in [3.63, 3.8) is 0 Å². The number of nitrogens with two attached hydrogens (primary N) is 1. The molecule has 1 fully saturated rings. The van der Waals surface area contributed by atoms with E-state index >= 15 is 0 Å². The average Bonchev–Trinajstić information content (AvgIpc) is 2.59. The molecule has 6 nitrogen and oxygen atoms in total. The quantitative estimate of drug-likeness (QED) is 0.787. The Balaban J connectivity index is 1.58. The minimum Gasteiger partial charge on any atom is -0.437 e. The summed E-state index contributed by atoms with van der Waals surface area (Å²) in [7, 11) is 0. The first-order chi connectivity index (χ1) is 11.2. The molecular weight excluding hydrogens is 292 g/mol. The van der Waals surface area contributed by atoms with Crippen LogP contribution in [0.4, 0.5) is 5.69 Å². The number of rotatable bonds is 5. The van der Waals surface area contributed by atoms with Gasteiger partial charge in [0.15, 0.2) is 5.69 Å². The van der Waals surface area contributed by atoms with Crippen LogP contribution in [0.3, 0.4) is 0 Å². The van der Waals surface area contributed by atoms with Crippen molar-refractivity contribution >= 4 is 5.69 Å². The first-order valence-electron chi connectivity index (χ1n) is 8.06. The van der Waals surface area contributed by atoms with E-state index in [1.807, 2.05) is 24.3 Å². The third-order valence-electron chi connectivity index (χ3n) is 4.18. The van der Waals surface area contributed by atoms with E-state index in [0.29, 0.717) is 11.8 Å². The normalized spacial score (nSPS) is 17.8. The molecule has 1 aliphatic rings. The predicted octanol–water partition coefficient (Wildman–Crippen LogP) is 2.22. The molecule has 1 aliphatic heterocycles. The van der Waals surface area contributed by atoms with Crippen LogP contribution in [0, 0.1) is 0 Å². The van der Waals surface area contributed by atoms with Crippen LogP contribution < -0.4 is 21.3 Å². The van der Waals surface area contributed by atoms with Crippen LogP contribution in [0.5, 0.6) is 11.6 Å². The number of nitrogens with one attached hydrogen (secondary N) is 2. The minimum absolute atomic E-state index is 0.0139. The zero-order valence-electron chi connectivity index (χ0n) is 13.0. The molecule has 0 bridgehead atoms. The molecule has 1 saturated heterocycles. The van der Waals surface area contributed by atoms with Crippen molar-refractivity contribution in [1.82, 2.24) is 15.3 Å². The van der Waals surface area contributed by atoms with Crippen LogP contribution in [0.1, 0.15) is 31.2 Å². The summed E-state index contributed by atoms with van der Waals surface area (Å²) >= 11 is 0. The Morgan fingerprint density at radius 2 is 2.09 bits per heavy atom. The van der Waals surface area contributed by atoms with Crippen molar-refractivity contribution in [2.45, 2.75) is 38.1 Å². The van der Waals surface area contributed by atoms with Crippen LogP contribution in [-0.2, 0) is 6.42 Å². The zero-order chi connectivity index (χ0) is 16.1. The number of H-pyrrole nitrogens is 1. The van der Waals surface area contributed by atoms with Crippen molar-refractivity contribution < 1.29 is 4.74 Å². The Morgan fingerprint density at radius 3 is 2.83 bits per heavy atom. The smallest absolute Gasteiger partial charge is 0.277 e. The van der Waals surface area contributed by atoms with Gasteiger partial charge in [-0.3, -0.25) is 4.79 Å². The fourth-order valence-electron chi connectivity index (χ4n) is 2.82. The van der Waals surface area contributed by atoms with E-state index in [9.17, 15) is 4.79 Å². The topological polar surface area (TPSA) is 93.0 Å². The third kappa shape index (κ3) is 4.10. The summed E-state index contributed by atoms with van der Waals surface area (Å²) in [6, 6.07) is 8.49. The molecule has 0 aliphatic carbocycles. The highest BCUT2D eigenvalue weighted by Gasteiger charge is 2.12. The van der Waals surface area contributed by atoms with E-state index in [0.717, 1.165) is 19.4 Å². The maximum absolute atomic E-state index is 11.4. The van der Waals surface area contributed by atoms with Gasteiger partial charge in [0, 0.05) is 6.04 Å². The van der Waals surface area contributed by atoms with E-state index in [1.54, 1.807) is 0 Å². The van der Waals surface area contributed by atoms with Gasteiger partial charge >= 0.3 is 0 Å². The fourth-order valence-corrected chi connectivity index (χ4v) is 2.82. The number of nitrogens with zero attached hydrogens (tertiary/aromatic N) is 1. The SMILES string of the molecule is Nc1c(Oc2ccc(CCC3CCCCN3)cc2)nc[nH]c1=O. The Hall–Kier alpha value is -2.34. The standard InChI is InChI=1S/C17H22N4O2/c18-15-16(22)20-11-21-17(15)23-14-8-5-12(6-9-14)4-7-13-3-1-2-10-19-13/h5-6,8-9,11,13,19H,1-4,7,10,18H2,(H,20,21,22). The summed E-state index contributed by atoms with van der Waals surface area (Å²) in [5.74, 6) is 0.752. The largest absolute Gasteiger partial charge is 0.437 e. The molecule has 1 aromatic heterocycles. The second kappa shape index (κ2) is 7.28. The highest BCUT2D eigenvalue weighted by Crippen LogP contribution is 2.23. The molecule has 4 N–H and O–H groups in total. The number of benzene rings is 1. The number of aromatic nitrogens is 2. The molecule has 1 unspecified atom stereocenters. The second-order valence-corrected chi connectivity index (χ2v) is 5.88. The molecule has 0 spiro atoms. The summed E-state index contributed by atoms with van der Waals surface area (Å²) < 4.78 is 5.57. The number of aryl methyl sites for hydroxylation is 1. The lowest BCUT2D eigenvalue weighted by Crippen LogP contribution is -2.34. The van der Waals surface area contributed by atoms with Crippen LogP contribution >= 0.6 is 0 Å². The van der Waals surface area contributed by atoms with Gasteiger partial charge in [0.2, 0.25) is 5.88 Å². The van der Waals surface area contributed by atoms with Gasteiger partial charge in [-0.25, -0.2) is 4.98 Å². The van der Waals surface area contributed by atoms with Gasteiger partial charge in [-0.15, -0.1) is 0 Å². The van der Waals surface area contributed by atoms with E-state index in [4.69, 9.17) is 10.5 Å². The first kappa shape index (κ1) is 15.6. The maximum atomic E-state index is 11.4. The van der Waals surface area contributed by atoms with Crippen molar-refractivity contribution in [2.24, 2.45) is 0 Å². The molecule has 0 saturated carbocycles.